The number of nitrogens with zero attached hydrogens (tertiary/aromatic N) is 1. The molecule has 0 aliphatic heterocycles. The molecule has 100 valence electrons. The molecule has 0 fully saturated rings. The van der Waals surface area contributed by atoms with Crippen molar-refractivity contribution in [1.29, 1.82) is 5.26 Å². The normalized spacial score (nSPS) is 9.47. The Morgan fingerprint density at radius 3 is 2.79 bits per heavy atom. The van der Waals surface area contributed by atoms with Crippen LogP contribution in [0.15, 0.2) is 24.3 Å². The van der Waals surface area contributed by atoms with Crippen molar-refractivity contribution in [2.45, 2.75) is 32.6 Å². The molecular formula is C14H17N3OS. The van der Waals surface area contributed by atoms with Crippen LogP contribution in [-0.2, 0) is 4.79 Å². The van der Waals surface area contributed by atoms with Gasteiger partial charge in [0.1, 0.15) is 6.07 Å². The molecule has 0 unspecified atom stereocenters. The predicted octanol–water partition coefficient (Wildman–Crippen LogP) is 2.95. The Kier molecular flexibility index (Phi) is 6.55. The minimum atomic E-state index is -0.0969. The van der Waals surface area contributed by atoms with Gasteiger partial charge in [0.15, 0.2) is 5.11 Å². The Morgan fingerprint density at radius 2 is 2.11 bits per heavy atom. The summed E-state index contributed by atoms with van der Waals surface area (Å²) in [6, 6.07) is 9.07. The molecule has 0 atom stereocenters. The average Bonchev–Trinajstić information content (AvgIpc) is 2.39. The zero-order chi connectivity index (χ0) is 14.1. The summed E-state index contributed by atoms with van der Waals surface area (Å²) in [5, 5.41) is 14.6. The van der Waals surface area contributed by atoms with E-state index in [1.807, 2.05) is 0 Å². The lowest BCUT2D eigenvalue weighted by Gasteiger charge is -2.10. The molecule has 0 spiro atoms. The van der Waals surface area contributed by atoms with Gasteiger partial charge in [0.2, 0.25) is 5.91 Å². The summed E-state index contributed by atoms with van der Waals surface area (Å²) in [7, 11) is 0. The molecule has 0 aliphatic rings. The average molecular weight is 275 g/mol. The molecule has 2 N–H and O–H groups in total. The van der Waals surface area contributed by atoms with Gasteiger partial charge in [-0.25, -0.2) is 0 Å². The van der Waals surface area contributed by atoms with E-state index in [4.69, 9.17) is 17.5 Å². The molecular weight excluding hydrogens is 258 g/mol. The summed E-state index contributed by atoms with van der Waals surface area (Å²) in [6.07, 6.45) is 3.44. The number of carbonyl (C=O) groups is 1. The van der Waals surface area contributed by atoms with Crippen LogP contribution in [0.1, 0.15) is 38.2 Å². The monoisotopic (exact) mass is 275 g/mol. The van der Waals surface area contributed by atoms with Crippen molar-refractivity contribution in [2.24, 2.45) is 0 Å². The van der Waals surface area contributed by atoms with E-state index in [0.717, 1.165) is 19.3 Å². The number of rotatable bonds is 5. The van der Waals surface area contributed by atoms with E-state index in [-0.39, 0.29) is 11.0 Å². The summed E-state index contributed by atoms with van der Waals surface area (Å²) in [4.78, 5) is 11.6. The summed E-state index contributed by atoms with van der Waals surface area (Å²) < 4.78 is 0. The first-order chi connectivity index (χ1) is 9.17. The smallest absolute Gasteiger partial charge is 0.226 e. The van der Waals surface area contributed by atoms with E-state index in [0.29, 0.717) is 17.7 Å². The van der Waals surface area contributed by atoms with Crippen molar-refractivity contribution in [3.05, 3.63) is 29.8 Å². The maximum atomic E-state index is 11.6. The zero-order valence-electron chi connectivity index (χ0n) is 10.9. The molecule has 1 amide bonds. The molecule has 19 heavy (non-hydrogen) atoms. The van der Waals surface area contributed by atoms with Crippen LogP contribution in [0.2, 0.25) is 0 Å². The molecule has 1 rings (SSSR count). The predicted molar refractivity (Wildman–Crippen MR) is 79.7 cm³/mol. The lowest BCUT2D eigenvalue weighted by atomic mass is 10.2. The van der Waals surface area contributed by atoms with Crippen LogP contribution in [-0.4, -0.2) is 11.0 Å². The maximum absolute atomic E-state index is 11.6. The highest BCUT2D eigenvalue weighted by molar-refractivity contribution is 7.80. The first-order valence-electron chi connectivity index (χ1n) is 6.27. The maximum Gasteiger partial charge on any atom is 0.226 e. The van der Waals surface area contributed by atoms with E-state index in [9.17, 15) is 4.79 Å². The Labute approximate surface area is 118 Å². The molecule has 5 heteroatoms. The van der Waals surface area contributed by atoms with Gasteiger partial charge in [0.05, 0.1) is 11.3 Å². The van der Waals surface area contributed by atoms with Crippen molar-refractivity contribution in [2.75, 3.05) is 5.32 Å². The summed E-state index contributed by atoms with van der Waals surface area (Å²) >= 11 is 5.05. The summed E-state index contributed by atoms with van der Waals surface area (Å²) in [6.45, 7) is 2.09. The van der Waals surface area contributed by atoms with Crippen LogP contribution in [0, 0.1) is 11.3 Å². The molecule has 0 saturated heterocycles. The molecule has 1 aromatic carbocycles. The summed E-state index contributed by atoms with van der Waals surface area (Å²) in [5.41, 5.74) is 1.09. The zero-order valence-corrected chi connectivity index (χ0v) is 11.7. The van der Waals surface area contributed by atoms with Crippen LogP contribution >= 0.6 is 12.2 Å². The van der Waals surface area contributed by atoms with Gasteiger partial charge in [0.25, 0.3) is 0 Å². The van der Waals surface area contributed by atoms with Crippen molar-refractivity contribution >= 4 is 28.9 Å². The molecule has 0 bridgehead atoms. The Balaban J connectivity index is 2.47. The first-order valence-corrected chi connectivity index (χ1v) is 6.68. The molecule has 0 heterocycles. The summed E-state index contributed by atoms with van der Waals surface area (Å²) in [5.74, 6) is -0.0969. The molecule has 4 nitrogen and oxygen atoms in total. The second-order valence-corrected chi connectivity index (χ2v) is 4.53. The Hall–Kier alpha value is -1.93. The SMILES string of the molecule is CCCCCC(=O)NC(=S)Nc1ccccc1C#N. The fourth-order valence-corrected chi connectivity index (χ4v) is 1.79. The minimum Gasteiger partial charge on any atom is -0.331 e. The van der Waals surface area contributed by atoms with Crippen LogP contribution in [0.3, 0.4) is 0 Å². The third-order valence-electron chi connectivity index (χ3n) is 2.56. The number of thiocarbonyl (C=S) groups is 1. The standard InChI is InChI=1S/C14H17N3OS/c1-2-3-4-9-13(18)17-14(19)16-12-8-6-5-7-11(12)10-15/h5-8H,2-4,9H2,1H3,(H2,16,17,18,19). The van der Waals surface area contributed by atoms with Gasteiger partial charge in [-0.15, -0.1) is 0 Å². The largest absolute Gasteiger partial charge is 0.331 e. The first kappa shape index (κ1) is 15.1. The fraction of sp³-hybridized carbons (Fsp3) is 0.357. The fourth-order valence-electron chi connectivity index (χ4n) is 1.57. The van der Waals surface area contributed by atoms with Crippen molar-refractivity contribution in [3.8, 4) is 6.07 Å². The highest BCUT2D eigenvalue weighted by Gasteiger charge is 2.06. The van der Waals surface area contributed by atoms with Gasteiger partial charge in [-0.05, 0) is 30.8 Å². The lowest BCUT2D eigenvalue weighted by molar-refractivity contribution is -0.119. The van der Waals surface area contributed by atoms with Gasteiger partial charge >= 0.3 is 0 Å². The second-order valence-electron chi connectivity index (χ2n) is 4.12. The van der Waals surface area contributed by atoms with Gasteiger partial charge in [-0.3, -0.25) is 4.79 Å². The number of para-hydroxylation sites is 1. The Morgan fingerprint density at radius 1 is 1.37 bits per heavy atom. The van der Waals surface area contributed by atoms with Gasteiger partial charge in [-0.1, -0.05) is 31.9 Å². The van der Waals surface area contributed by atoms with E-state index < -0.39 is 0 Å². The van der Waals surface area contributed by atoms with Crippen LogP contribution in [0.4, 0.5) is 5.69 Å². The number of benzene rings is 1. The molecule has 0 aromatic heterocycles. The quantitative estimate of drug-likeness (QED) is 0.640. The number of nitrogens with one attached hydrogen (secondary N) is 2. The van der Waals surface area contributed by atoms with Crippen LogP contribution in [0.25, 0.3) is 0 Å². The van der Waals surface area contributed by atoms with Crippen molar-refractivity contribution < 1.29 is 4.79 Å². The number of unbranched alkanes of at least 4 members (excludes halogenated alkanes) is 2. The van der Waals surface area contributed by atoms with E-state index in [1.54, 1.807) is 24.3 Å². The number of nitriles is 1. The lowest BCUT2D eigenvalue weighted by Crippen LogP contribution is -2.34. The Bertz CT molecular complexity index is 494. The topological polar surface area (TPSA) is 64.9 Å². The third kappa shape index (κ3) is 5.49. The molecule has 0 radical (unpaired) electrons. The number of hydrogen-bond donors (Lipinski definition) is 2. The minimum absolute atomic E-state index is 0.0969. The highest BCUT2D eigenvalue weighted by atomic mass is 32.1. The second kappa shape index (κ2) is 8.22. The number of carbonyl (C=O) groups excluding carboxylic acids is 1. The third-order valence-corrected chi connectivity index (χ3v) is 2.76. The number of hydrogen-bond acceptors (Lipinski definition) is 3. The van der Waals surface area contributed by atoms with Gasteiger partial charge < -0.3 is 10.6 Å². The van der Waals surface area contributed by atoms with Gasteiger partial charge in [-0.2, -0.15) is 5.26 Å². The highest BCUT2D eigenvalue weighted by Crippen LogP contribution is 2.13. The molecule has 0 saturated carbocycles. The van der Waals surface area contributed by atoms with Crippen LogP contribution in [0.5, 0.6) is 0 Å². The number of anilines is 1. The van der Waals surface area contributed by atoms with E-state index >= 15 is 0 Å². The number of amides is 1. The molecule has 0 aliphatic carbocycles. The van der Waals surface area contributed by atoms with Crippen molar-refractivity contribution in [1.82, 2.24) is 5.32 Å². The van der Waals surface area contributed by atoms with Crippen LogP contribution < -0.4 is 10.6 Å². The van der Waals surface area contributed by atoms with Gasteiger partial charge in [0, 0.05) is 6.42 Å². The van der Waals surface area contributed by atoms with Crippen molar-refractivity contribution in [3.63, 3.8) is 0 Å². The van der Waals surface area contributed by atoms with E-state index in [2.05, 4.69) is 23.6 Å². The molecule has 1 aromatic rings. The van der Waals surface area contributed by atoms with E-state index in [1.165, 1.54) is 0 Å².